The van der Waals surface area contributed by atoms with E-state index in [0.717, 1.165) is 10.0 Å². The van der Waals surface area contributed by atoms with Crippen LogP contribution in [0.3, 0.4) is 0 Å². The second kappa shape index (κ2) is 15.8. The van der Waals surface area contributed by atoms with Crippen molar-refractivity contribution in [2.45, 2.75) is 32.7 Å². The molecule has 3 aromatic rings. The number of rotatable bonds is 13. The summed E-state index contributed by atoms with van der Waals surface area (Å²) in [7, 11) is 1.27. The van der Waals surface area contributed by atoms with Gasteiger partial charge < -0.3 is 34.7 Å². The van der Waals surface area contributed by atoms with E-state index in [1.165, 1.54) is 13.3 Å². The lowest BCUT2D eigenvalue weighted by Crippen LogP contribution is -2.45. The van der Waals surface area contributed by atoms with Gasteiger partial charge in [-0.2, -0.15) is 5.10 Å². The van der Waals surface area contributed by atoms with E-state index in [9.17, 15) is 14.7 Å². The fourth-order valence-corrected chi connectivity index (χ4v) is 5.21. The Bertz CT molecular complexity index is 1600. The lowest BCUT2D eigenvalue weighted by atomic mass is 9.95. The minimum atomic E-state index is -1.21. The molecule has 0 spiro atoms. The van der Waals surface area contributed by atoms with Crippen molar-refractivity contribution < 1.29 is 33.6 Å². The minimum Gasteiger partial charge on any atom is -0.490 e. The largest absolute Gasteiger partial charge is 0.490 e. The molecular weight excluding hydrogens is 691 g/mol. The lowest BCUT2D eigenvalue weighted by Gasteiger charge is -2.28. The Hall–Kier alpha value is -3.97. The van der Waals surface area contributed by atoms with Gasteiger partial charge in [0.2, 0.25) is 0 Å². The zero-order valence-corrected chi connectivity index (χ0v) is 27.6. The number of nitrogens with zero attached hydrogens (tertiary/aromatic N) is 1. The fraction of sp³-hybridized carbons (Fsp3) is 0.258. The number of esters is 1. The number of methoxy groups -OCH3 is 1. The van der Waals surface area contributed by atoms with Gasteiger partial charge in [0.15, 0.2) is 17.7 Å². The van der Waals surface area contributed by atoms with E-state index < -0.39 is 24.3 Å². The molecular formula is C31H31BrCl2N4O7. The summed E-state index contributed by atoms with van der Waals surface area (Å²) in [6.45, 7) is 3.81. The molecule has 0 aliphatic carbocycles. The van der Waals surface area contributed by atoms with Crippen LogP contribution in [0.4, 0.5) is 4.79 Å². The van der Waals surface area contributed by atoms with Crippen LogP contribution in [0.1, 0.15) is 36.6 Å². The summed E-state index contributed by atoms with van der Waals surface area (Å²) in [5.74, 6) is 0.478. The average Bonchev–Trinajstić information content (AvgIpc) is 3.00. The second-order valence-electron chi connectivity index (χ2n) is 9.64. The number of urea groups is 1. The number of carbonyl (C=O) groups is 2. The van der Waals surface area contributed by atoms with Gasteiger partial charge in [0.25, 0.3) is 0 Å². The second-order valence-corrected chi connectivity index (χ2v) is 11.4. The fourth-order valence-electron chi connectivity index (χ4n) is 4.38. The number of ether oxygens (including phenoxy) is 4. The van der Waals surface area contributed by atoms with Gasteiger partial charge in [-0.1, -0.05) is 57.3 Å². The third-order valence-corrected chi connectivity index (χ3v) is 7.46. The molecule has 3 aromatic carbocycles. The number of allylic oxidation sites excluding steroid dienone is 1. The zero-order chi connectivity index (χ0) is 32.5. The van der Waals surface area contributed by atoms with Gasteiger partial charge in [-0.05, 0) is 61.4 Å². The highest BCUT2D eigenvalue weighted by atomic mass is 79.9. The Morgan fingerprint density at radius 1 is 1.11 bits per heavy atom. The number of aliphatic hydroxyl groups is 1. The Morgan fingerprint density at radius 3 is 2.58 bits per heavy atom. The molecule has 0 bridgehead atoms. The summed E-state index contributed by atoms with van der Waals surface area (Å²) in [6, 6.07) is 14.6. The van der Waals surface area contributed by atoms with Gasteiger partial charge >= 0.3 is 12.0 Å². The normalized spacial score (nSPS) is 15.3. The number of hydrazone groups is 1. The van der Waals surface area contributed by atoms with Crippen LogP contribution in [0.25, 0.3) is 0 Å². The van der Waals surface area contributed by atoms with Crippen molar-refractivity contribution in [1.82, 2.24) is 16.1 Å². The van der Waals surface area contributed by atoms with Crippen molar-refractivity contribution in [3.8, 4) is 17.2 Å². The van der Waals surface area contributed by atoms with Crippen molar-refractivity contribution in [2.75, 3.05) is 20.3 Å². The first-order valence-electron chi connectivity index (χ1n) is 13.7. The molecule has 4 N–H and O–H groups in total. The maximum Gasteiger partial charge on any atom is 0.337 e. The van der Waals surface area contributed by atoms with E-state index in [1.807, 2.05) is 24.3 Å². The van der Waals surface area contributed by atoms with Crippen molar-refractivity contribution in [1.29, 1.82) is 0 Å². The van der Waals surface area contributed by atoms with Crippen LogP contribution >= 0.6 is 39.1 Å². The summed E-state index contributed by atoms with van der Waals surface area (Å²) >= 11 is 16.0. The molecule has 238 valence electrons. The molecule has 0 saturated carbocycles. The Morgan fingerprint density at radius 2 is 1.87 bits per heavy atom. The molecule has 2 atom stereocenters. The summed E-state index contributed by atoms with van der Waals surface area (Å²) in [5, 5.41) is 20.6. The molecule has 4 rings (SSSR count). The van der Waals surface area contributed by atoms with Crippen molar-refractivity contribution in [2.24, 2.45) is 5.10 Å². The van der Waals surface area contributed by atoms with Gasteiger partial charge in [-0.3, -0.25) is 5.43 Å². The number of aliphatic hydroxyl groups excluding tert-OH is 1. The molecule has 1 aliphatic rings. The zero-order valence-electron chi connectivity index (χ0n) is 24.5. The van der Waals surface area contributed by atoms with E-state index in [-0.39, 0.29) is 18.8 Å². The maximum absolute atomic E-state index is 12.5. The molecule has 14 heteroatoms. The number of halogens is 3. The lowest BCUT2D eigenvalue weighted by molar-refractivity contribution is -0.136. The van der Waals surface area contributed by atoms with E-state index in [1.54, 1.807) is 44.2 Å². The Kier molecular flexibility index (Phi) is 11.9. The SMILES string of the molecule is CCOc1cc([C@H]2NC(=O)NC(C)=C2C(=O)OC)ccc1OC[C@H](O)N/N=C/c1cc(Cl)cc(Cl)c1OCc1ccc(Br)cc1. The third-order valence-electron chi connectivity index (χ3n) is 6.43. The predicted octanol–water partition coefficient (Wildman–Crippen LogP) is 5.86. The van der Waals surface area contributed by atoms with Crippen LogP contribution in [0.2, 0.25) is 10.0 Å². The molecule has 0 radical (unpaired) electrons. The molecule has 45 heavy (non-hydrogen) atoms. The molecule has 11 nitrogen and oxygen atoms in total. The van der Waals surface area contributed by atoms with Crippen LogP contribution in [-0.4, -0.2) is 49.9 Å². The standard InChI is InChI=1S/C31H31BrCl2N4O7/c1-4-43-25-12-19(28-27(30(40)42-3)17(2)36-31(41)37-28)7-10-24(25)44-16-26(39)38-35-14-20-11-22(33)13-23(34)29(20)45-15-18-5-8-21(32)9-6-18/h5-14,26,28,38-39H,4,15-16H2,1-3H3,(H2,36,37,41)/b35-14+/t26-,28+/m0/s1. The Balaban J connectivity index is 1.42. The van der Waals surface area contributed by atoms with Crippen LogP contribution in [-0.2, 0) is 16.1 Å². The Labute approximate surface area is 278 Å². The highest BCUT2D eigenvalue weighted by Gasteiger charge is 2.32. The van der Waals surface area contributed by atoms with Crippen molar-refractivity contribution >= 4 is 57.3 Å². The summed E-state index contributed by atoms with van der Waals surface area (Å²) in [6.07, 6.45) is 0.220. The van der Waals surface area contributed by atoms with Crippen LogP contribution in [0.5, 0.6) is 17.2 Å². The number of hydrogen-bond donors (Lipinski definition) is 4. The molecule has 0 unspecified atom stereocenters. The maximum atomic E-state index is 12.5. The number of hydrogen-bond acceptors (Lipinski definition) is 9. The minimum absolute atomic E-state index is 0.198. The van der Waals surface area contributed by atoms with Gasteiger partial charge in [0, 0.05) is 20.8 Å². The average molecular weight is 722 g/mol. The van der Waals surface area contributed by atoms with E-state index >= 15 is 0 Å². The van der Waals surface area contributed by atoms with E-state index in [0.29, 0.717) is 50.7 Å². The predicted molar refractivity (Wildman–Crippen MR) is 174 cm³/mol. The number of carbonyl (C=O) groups excluding carboxylic acids is 2. The van der Waals surface area contributed by atoms with E-state index in [2.05, 4.69) is 37.1 Å². The highest BCUT2D eigenvalue weighted by Crippen LogP contribution is 2.35. The number of benzene rings is 3. The third kappa shape index (κ3) is 9.04. The van der Waals surface area contributed by atoms with E-state index in [4.69, 9.17) is 42.1 Å². The topological polar surface area (TPSA) is 140 Å². The summed E-state index contributed by atoms with van der Waals surface area (Å²) in [4.78, 5) is 24.6. The molecule has 1 heterocycles. The van der Waals surface area contributed by atoms with Gasteiger partial charge in [0.1, 0.15) is 19.0 Å². The first-order valence-corrected chi connectivity index (χ1v) is 15.2. The van der Waals surface area contributed by atoms with Crippen molar-refractivity contribution in [3.05, 3.63) is 97.1 Å². The number of nitrogens with one attached hydrogen (secondary N) is 3. The van der Waals surface area contributed by atoms with Crippen molar-refractivity contribution in [3.63, 3.8) is 0 Å². The molecule has 0 aromatic heterocycles. The molecule has 0 fully saturated rings. The molecule has 2 amide bonds. The quantitative estimate of drug-likeness (QED) is 0.0746. The number of amides is 2. The summed E-state index contributed by atoms with van der Waals surface area (Å²) < 4.78 is 23.4. The van der Waals surface area contributed by atoms with Crippen LogP contribution < -0.4 is 30.3 Å². The van der Waals surface area contributed by atoms with Crippen LogP contribution in [0, 0.1) is 0 Å². The monoisotopic (exact) mass is 720 g/mol. The summed E-state index contributed by atoms with van der Waals surface area (Å²) in [5.41, 5.74) is 5.25. The van der Waals surface area contributed by atoms with Gasteiger partial charge in [-0.15, -0.1) is 0 Å². The first kappa shape index (κ1) is 33.9. The highest BCUT2D eigenvalue weighted by molar-refractivity contribution is 9.10. The van der Waals surface area contributed by atoms with Gasteiger partial charge in [0.05, 0.1) is 36.6 Å². The van der Waals surface area contributed by atoms with Gasteiger partial charge in [-0.25, -0.2) is 9.59 Å². The smallest absolute Gasteiger partial charge is 0.337 e. The molecule has 0 saturated heterocycles. The molecule has 1 aliphatic heterocycles. The first-order chi connectivity index (χ1) is 21.6. The van der Waals surface area contributed by atoms with Crippen LogP contribution in [0.15, 0.2) is 75.4 Å².